The number of carbonyl (C=O) groups excluding carboxylic acids is 1. The molecule has 0 rings (SSSR count). The van der Waals surface area contributed by atoms with Crippen molar-refractivity contribution in [1.82, 2.24) is 0 Å². The SMILES string of the molecule is CC(N)=O.CCC(O)C(=O)O.C[C@@H](O)[C@H](N)C(=O)O.OCCO. The van der Waals surface area contributed by atoms with Crippen LogP contribution in [0.1, 0.15) is 27.2 Å². The van der Waals surface area contributed by atoms with E-state index in [1.54, 1.807) is 6.92 Å². The summed E-state index contributed by atoms with van der Waals surface area (Å²) in [6.07, 6.45) is -1.89. The van der Waals surface area contributed by atoms with Crippen molar-refractivity contribution in [3.05, 3.63) is 0 Å². The topological polar surface area (TPSA) is 225 Å². The Bertz CT molecular complexity index is 305. The average molecular weight is 344 g/mol. The van der Waals surface area contributed by atoms with Gasteiger partial charge in [0, 0.05) is 6.92 Å². The monoisotopic (exact) mass is 344 g/mol. The van der Waals surface area contributed by atoms with Gasteiger partial charge in [0.15, 0.2) is 6.10 Å². The van der Waals surface area contributed by atoms with Gasteiger partial charge in [-0.2, -0.15) is 0 Å². The van der Waals surface area contributed by atoms with Gasteiger partial charge < -0.3 is 42.1 Å². The van der Waals surface area contributed by atoms with Crippen molar-refractivity contribution >= 4 is 17.8 Å². The Balaban J connectivity index is -0.000000110. The van der Waals surface area contributed by atoms with E-state index in [2.05, 4.69) is 5.73 Å². The molecule has 23 heavy (non-hydrogen) atoms. The van der Waals surface area contributed by atoms with Gasteiger partial charge in [-0.1, -0.05) is 6.92 Å². The molecule has 0 heterocycles. The molecule has 1 amide bonds. The Kier molecular flexibility index (Phi) is 25.7. The van der Waals surface area contributed by atoms with Crippen molar-refractivity contribution in [3.8, 4) is 0 Å². The molecule has 140 valence electrons. The smallest absolute Gasteiger partial charge is 0.332 e. The second-order valence-corrected chi connectivity index (χ2v) is 3.92. The predicted molar refractivity (Wildman–Crippen MR) is 80.3 cm³/mol. The molecule has 0 saturated carbocycles. The summed E-state index contributed by atoms with van der Waals surface area (Å²) in [5, 5.41) is 48.1. The Hall–Kier alpha value is -1.79. The number of hydrogen-bond acceptors (Lipinski definition) is 8. The largest absolute Gasteiger partial charge is 0.480 e. The summed E-state index contributed by atoms with van der Waals surface area (Å²) < 4.78 is 0. The highest BCUT2D eigenvalue weighted by Gasteiger charge is 2.16. The summed E-state index contributed by atoms with van der Waals surface area (Å²) in [4.78, 5) is 28.8. The molecule has 1 unspecified atom stereocenters. The standard InChI is InChI=1S/C4H9NO3.C4H8O3.C2H5NO.C2H6O2/c1-2(6)3(5)4(7)8;1-2-3(5)4(6)7;1-2(3)4;3-1-2-4/h2-3,6H,5H2,1H3,(H,7,8);3,5H,2H2,1H3,(H,6,7);1H3,(H2,3,4);3-4H,1-2H2/t2-,3+;;;/m1.../s1. The molecule has 11 nitrogen and oxygen atoms in total. The van der Waals surface area contributed by atoms with Crippen molar-refractivity contribution in [2.45, 2.75) is 45.4 Å². The summed E-state index contributed by atoms with van der Waals surface area (Å²) in [7, 11) is 0. The third-order valence-electron chi connectivity index (χ3n) is 1.58. The van der Waals surface area contributed by atoms with Gasteiger partial charge in [0.05, 0.1) is 19.3 Å². The molecule has 0 fully saturated rings. The fraction of sp³-hybridized carbons (Fsp3) is 0.750. The zero-order valence-corrected chi connectivity index (χ0v) is 13.4. The van der Waals surface area contributed by atoms with Crippen LogP contribution in [0.4, 0.5) is 0 Å². The van der Waals surface area contributed by atoms with Crippen LogP contribution in [0.3, 0.4) is 0 Å². The quantitative estimate of drug-likeness (QED) is 0.253. The highest BCUT2D eigenvalue weighted by Crippen LogP contribution is 1.86. The lowest BCUT2D eigenvalue weighted by Gasteiger charge is -2.06. The number of aliphatic carboxylic acids is 2. The van der Waals surface area contributed by atoms with Gasteiger partial charge in [0.1, 0.15) is 6.04 Å². The van der Waals surface area contributed by atoms with Crippen LogP contribution >= 0.6 is 0 Å². The van der Waals surface area contributed by atoms with Gasteiger partial charge in [0.2, 0.25) is 5.91 Å². The second-order valence-electron chi connectivity index (χ2n) is 3.92. The lowest BCUT2D eigenvalue weighted by atomic mass is 10.2. The van der Waals surface area contributed by atoms with Crippen LogP contribution in [0.5, 0.6) is 0 Å². The van der Waals surface area contributed by atoms with Gasteiger partial charge >= 0.3 is 11.9 Å². The lowest BCUT2D eigenvalue weighted by Crippen LogP contribution is -2.39. The molecule has 0 aromatic rings. The molecule has 0 aliphatic rings. The highest BCUT2D eigenvalue weighted by atomic mass is 16.4. The summed E-state index contributed by atoms with van der Waals surface area (Å²) in [6.45, 7) is 4.00. The summed E-state index contributed by atoms with van der Waals surface area (Å²) >= 11 is 0. The second kappa shape index (κ2) is 20.2. The van der Waals surface area contributed by atoms with E-state index in [9.17, 15) is 14.4 Å². The number of primary amides is 1. The molecule has 0 aromatic carbocycles. The van der Waals surface area contributed by atoms with Gasteiger partial charge in [0.25, 0.3) is 0 Å². The Labute approximate surface area is 134 Å². The van der Waals surface area contributed by atoms with E-state index in [0.717, 1.165) is 0 Å². The first-order valence-electron chi connectivity index (χ1n) is 6.43. The van der Waals surface area contributed by atoms with Crippen molar-refractivity contribution in [1.29, 1.82) is 0 Å². The van der Waals surface area contributed by atoms with Crippen molar-refractivity contribution < 1.29 is 45.0 Å². The van der Waals surface area contributed by atoms with E-state index in [1.807, 2.05) is 0 Å². The number of aliphatic hydroxyl groups is 4. The zero-order chi connectivity index (χ0) is 19.6. The Morgan fingerprint density at radius 1 is 1.00 bits per heavy atom. The van der Waals surface area contributed by atoms with Crippen LogP contribution in [0.2, 0.25) is 0 Å². The van der Waals surface area contributed by atoms with Crippen LogP contribution < -0.4 is 11.5 Å². The molecule has 11 heteroatoms. The highest BCUT2D eigenvalue weighted by molar-refractivity contribution is 5.73. The number of carbonyl (C=O) groups is 3. The van der Waals surface area contributed by atoms with Crippen molar-refractivity contribution in [2.24, 2.45) is 11.5 Å². The lowest BCUT2D eigenvalue weighted by molar-refractivity contribution is -0.146. The first-order valence-corrected chi connectivity index (χ1v) is 6.43. The normalized spacial score (nSPS) is 12.5. The van der Waals surface area contributed by atoms with Gasteiger partial charge in [-0.15, -0.1) is 0 Å². The molecule has 0 aliphatic heterocycles. The minimum Gasteiger partial charge on any atom is -0.480 e. The maximum absolute atomic E-state index is 9.86. The van der Waals surface area contributed by atoms with Gasteiger partial charge in [-0.3, -0.25) is 9.59 Å². The fourth-order valence-electron chi connectivity index (χ4n) is 0.381. The molecule has 10 N–H and O–H groups in total. The predicted octanol–water partition coefficient (Wildman–Crippen LogP) is -2.92. The zero-order valence-electron chi connectivity index (χ0n) is 13.4. The molecular weight excluding hydrogens is 316 g/mol. The minimum absolute atomic E-state index is 0.125. The van der Waals surface area contributed by atoms with E-state index in [0.29, 0.717) is 0 Å². The molecule has 0 bridgehead atoms. The van der Waals surface area contributed by atoms with E-state index in [-0.39, 0.29) is 25.5 Å². The van der Waals surface area contributed by atoms with E-state index < -0.39 is 30.2 Å². The molecule has 0 aromatic heterocycles. The maximum atomic E-state index is 9.86. The molecule has 0 saturated heterocycles. The van der Waals surface area contributed by atoms with Crippen molar-refractivity contribution in [2.75, 3.05) is 13.2 Å². The van der Waals surface area contributed by atoms with Crippen LogP contribution in [0.15, 0.2) is 0 Å². The first-order chi connectivity index (χ1) is 10.4. The number of carboxylic acids is 2. The van der Waals surface area contributed by atoms with E-state index in [4.69, 9.17) is 36.4 Å². The van der Waals surface area contributed by atoms with Crippen molar-refractivity contribution in [3.63, 3.8) is 0 Å². The molecular formula is C12H28N2O9. The van der Waals surface area contributed by atoms with Gasteiger partial charge in [-0.05, 0) is 13.3 Å². The van der Waals surface area contributed by atoms with E-state index in [1.165, 1.54) is 13.8 Å². The van der Waals surface area contributed by atoms with Crippen LogP contribution in [-0.2, 0) is 14.4 Å². The van der Waals surface area contributed by atoms with Crippen LogP contribution in [0, 0.1) is 0 Å². The Morgan fingerprint density at radius 2 is 1.30 bits per heavy atom. The minimum atomic E-state index is -1.18. The number of rotatable bonds is 5. The van der Waals surface area contributed by atoms with Gasteiger partial charge in [-0.25, -0.2) is 4.79 Å². The molecule has 0 radical (unpaired) electrons. The third kappa shape index (κ3) is 38.4. The average Bonchev–Trinajstić information content (AvgIpc) is 2.45. The first kappa shape index (κ1) is 29.2. The number of aliphatic hydroxyl groups excluding tert-OH is 4. The number of nitrogens with two attached hydrogens (primary N) is 2. The Morgan fingerprint density at radius 3 is 1.30 bits per heavy atom. The number of amides is 1. The van der Waals surface area contributed by atoms with Crippen LogP contribution in [-0.4, -0.2) is 79.9 Å². The maximum Gasteiger partial charge on any atom is 0.332 e. The molecule has 3 atom stereocenters. The fourth-order valence-corrected chi connectivity index (χ4v) is 0.381. The van der Waals surface area contributed by atoms with Crippen LogP contribution in [0.25, 0.3) is 0 Å². The molecule has 0 spiro atoms. The summed E-state index contributed by atoms with van der Waals surface area (Å²) in [5.74, 6) is -2.66. The molecule has 0 aliphatic carbocycles. The summed E-state index contributed by atoms with van der Waals surface area (Å²) in [5.41, 5.74) is 9.38. The van der Waals surface area contributed by atoms with E-state index >= 15 is 0 Å². The third-order valence-corrected chi connectivity index (χ3v) is 1.58. The summed E-state index contributed by atoms with van der Waals surface area (Å²) in [6, 6.07) is -1.16. The number of carboxylic acid groups (broad SMARTS) is 2. The number of hydrogen-bond donors (Lipinski definition) is 8.